The number of likely N-dealkylation sites (N-methyl/N-ethyl adjacent to an activating group) is 1. The van der Waals surface area contributed by atoms with Crippen LogP contribution in [0.3, 0.4) is 0 Å². The van der Waals surface area contributed by atoms with Crippen molar-refractivity contribution in [2.45, 2.75) is 6.54 Å². The fourth-order valence-corrected chi connectivity index (χ4v) is 1.95. The fraction of sp³-hybridized carbons (Fsp3) is 0.250. The summed E-state index contributed by atoms with van der Waals surface area (Å²) in [7, 11) is 1.72. The summed E-state index contributed by atoms with van der Waals surface area (Å²) in [6.07, 6.45) is 3.42. The summed E-state index contributed by atoms with van der Waals surface area (Å²) in [4.78, 5) is 17.5. The van der Waals surface area contributed by atoms with Crippen LogP contribution >= 0.6 is 11.6 Å². The molecule has 2 rings (SSSR count). The zero-order chi connectivity index (χ0) is 15.8. The number of hydrogen-bond donors (Lipinski definition) is 1. The lowest BCUT2D eigenvalue weighted by atomic mass is 10.3. The molecule has 0 saturated carbocycles. The van der Waals surface area contributed by atoms with Crippen molar-refractivity contribution in [3.05, 3.63) is 59.4 Å². The van der Waals surface area contributed by atoms with Gasteiger partial charge in [-0.15, -0.1) is 0 Å². The van der Waals surface area contributed by atoms with E-state index in [9.17, 15) is 4.79 Å². The average molecular weight is 320 g/mol. The molecule has 0 aliphatic heterocycles. The minimum absolute atomic E-state index is 0.154. The zero-order valence-electron chi connectivity index (χ0n) is 12.3. The molecule has 1 aromatic heterocycles. The molecule has 0 fully saturated rings. The number of carbonyl (C=O) groups is 1. The molecule has 2 amide bonds. The smallest absolute Gasteiger partial charge is 0.317 e. The van der Waals surface area contributed by atoms with E-state index < -0.39 is 0 Å². The first-order valence-corrected chi connectivity index (χ1v) is 7.29. The van der Waals surface area contributed by atoms with Crippen LogP contribution in [0.2, 0.25) is 5.02 Å². The Morgan fingerprint density at radius 2 is 2.23 bits per heavy atom. The van der Waals surface area contributed by atoms with Gasteiger partial charge in [0.15, 0.2) is 0 Å². The SMILES string of the molecule is CN(CCOc1cccc(Cl)c1)C(=O)NCc1cccnc1. The van der Waals surface area contributed by atoms with Crippen LogP contribution in [0.15, 0.2) is 48.8 Å². The van der Waals surface area contributed by atoms with Gasteiger partial charge in [-0.1, -0.05) is 23.7 Å². The third-order valence-corrected chi connectivity index (χ3v) is 3.24. The van der Waals surface area contributed by atoms with Crippen LogP contribution in [0.1, 0.15) is 5.56 Å². The number of hydrogen-bond acceptors (Lipinski definition) is 3. The van der Waals surface area contributed by atoms with Gasteiger partial charge in [0.1, 0.15) is 12.4 Å². The van der Waals surface area contributed by atoms with Gasteiger partial charge < -0.3 is 15.0 Å². The first kappa shape index (κ1) is 16.1. The summed E-state index contributed by atoms with van der Waals surface area (Å²) in [6.45, 7) is 1.33. The average Bonchev–Trinajstić information content (AvgIpc) is 2.53. The number of amides is 2. The molecule has 0 bridgehead atoms. The van der Waals surface area contributed by atoms with Crippen molar-refractivity contribution in [1.29, 1.82) is 0 Å². The summed E-state index contributed by atoms with van der Waals surface area (Å²) in [5.74, 6) is 0.691. The van der Waals surface area contributed by atoms with Gasteiger partial charge in [0.25, 0.3) is 0 Å². The Kier molecular flexibility index (Phi) is 6.03. The van der Waals surface area contributed by atoms with Crippen LogP contribution in [-0.4, -0.2) is 36.1 Å². The lowest BCUT2D eigenvalue weighted by Gasteiger charge is -2.18. The second kappa shape index (κ2) is 8.24. The molecule has 1 aromatic carbocycles. The molecule has 0 unspecified atom stereocenters. The summed E-state index contributed by atoms with van der Waals surface area (Å²) >= 11 is 5.88. The predicted octanol–water partition coefficient (Wildman–Crippen LogP) is 2.96. The number of halogens is 1. The highest BCUT2D eigenvalue weighted by Gasteiger charge is 2.08. The normalized spacial score (nSPS) is 10.1. The van der Waals surface area contributed by atoms with Gasteiger partial charge in [-0.2, -0.15) is 0 Å². The highest BCUT2D eigenvalue weighted by atomic mass is 35.5. The van der Waals surface area contributed by atoms with Crippen LogP contribution < -0.4 is 10.1 Å². The van der Waals surface area contributed by atoms with E-state index in [-0.39, 0.29) is 6.03 Å². The Labute approximate surface area is 134 Å². The summed E-state index contributed by atoms with van der Waals surface area (Å²) in [5.41, 5.74) is 0.958. The number of ether oxygens (including phenoxy) is 1. The van der Waals surface area contributed by atoms with E-state index >= 15 is 0 Å². The lowest BCUT2D eigenvalue weighted by Crippen LogP contribution is -2.39. The number of nitrogens with zero attached hydrogens (tertiary/aromatic N) is 2. The number of rotatable bonds is 6. The Morgan fingerprint density at radius 3 is 2.95 bits per heavy atom. The van der Waals surface area contributed by atoms with Crippen molar-refractivity contribution in [3.63, 3.8) is 0 Å². The minimum Gasteiger partial charge on any atom is -0.492 e. The van der Waals surface area contributed by atoms with Crippen LogP contribution in [0.5, 0.6) is 5.75 Å². The molecule has 0 atom stereocenters. The summed E-state index contributed by atoms with van der Waals surface area (Å²) < 4.78 is 5.55. The zero-order valence-corrected chi connectivity index (χ0v) is 13.1. The highest BCUT2D eigenvalue weighted by Crippen LogP contribution is 2.16. The molecular weight excluding hydrogens is 302 g/mol. The maximum atomic E-state index is 11.9. The van der Waals surface area contributed by atoms with Gasteiger partial charge in [-0.3, -0.25) is 4.98 Å². The van der Waals surface area contributed by atoms with Crippen molar-refractivity contribution in [2.75, 3.05) is 20.2 Å². The third kappa shape index (κ3) is 5.26. The van der Waals surface area contributed by atoms with E-state index in [1.165, 1.54) is 0 Å². The highest BCUT2D eigenvalue weighted by molar-refractivity contribution is 6.30. The summed E-state index contributed by atoms with van der Waals surface area (Å²) in [5, 5.41) is 3.45. The molecule has 0 aliphatic rings. The monoisotopic (exact) mass is 319 g/mol. The topological polar surface area (TPSA) is 54.5 Å². The molecular formula is C16H18ClN3O2. The standard InChI is InChI=1S/C16H18ClN3O2/c1-20(8-9-22-15-6-2-5-14(17)10-15)16(21)19-12-13-4-3-7-18-11-13/h2-7,10-11H,8-9,12H2,1H3,(H,19,21). The lowest BCUT2D eigenvalue weighted by molar-refractivity contribution is 0.195. The molecule has 0 saturated heterocycles. The van der Waals surface area contributed by atoms with Crippen molar-refractivity contribution in [2.24, 2.45) is 0 Å². The molecule has 0 radical (unpaired) electrons. The number of urea groups is 1. The maximum absolute atomic E-state index is 11.9. The molecule has 0 aliphatic carbocycles. The number of benzene rings is 1. The molecule has 22 heavy (non-hydrogen) atoms. The number of pyridine rings is 1. The largest absolute Gasteiger partial charge is 0.492 e. The quantitative estimate of drug-likeness (QED) is 0.890. The van der Waals surface area contributed by atoms with E-state index in [0.717, 1.165) is 5.56 Å². The van der Waals surface area contributed by atoms with Crippen LogP contribution in [0.25, 0.3) is 0 Å². The van der Waals surface area contributed by atoms with E-state index in [2.05, 4.69) is 10.3 Å². The van der Waals surface area contributed by atoms with E-state index in [0.29, 0.717) is 30.5 Å². The molecule has 1 N–H and O–H groups in total. The van der Waals surface area contributed by atoms with Gasteiger partial charge in [-0.25, -0.2) is 4.79 Å². The van der Waals surface area contributed by atoms with Crippen molar-refractivity contribution < 1.29 is 9.53 Å². The predicted molar refractivity (Wildman–Crippen MR) is 86.0 cm³/mol. The third-order valence-electron chi connectivity index (χ3n) is 3.00. The molecule has 1 heterocycles. The number of nitrogens with one attached hydrogen (secondary N) is 1. The van der Waals surface area contributed by atoms with Gasteiger partial charge >= 0.3 is 6.03 Å². The van der Waals surface area contributed by atoms with E-state index in [1.807, 2.05) is 24.3 Å². The number of aromatic nitrogens is 1. The van der Waals surface area contributed by atoms with Crippen molar-refractivity contribution in [3.8, 4) is 5.75 Å². The molecule has 116 valence electrons. The first-order valence-electron chi connectivity index (χ1n) is 6.91. The molecule has 0 spiro atoms. The Morgan fingerprint density at radius 1 is 1.36 bits per heavy atom. The molecule has 5 nitrogen and oxygen atoms in total. The number of carbonyl (C=O) groups excluding carboxylic acids is 1. The first-order chi connectivity index (χ1) is 10.6. The van der Waals surface area contributed by atoms with Gasteiger partial charge in [0.2, 0.25) is 0 Å². The van der Waals surface area contributed by atoms with Crippen LogP contribution in [0, 0.1) is 0 Å². The minimum atomic E-state index is -0.154. The van der Waals surface area contributed by atoms with E-state index in [4.69, 9.17) is 16.3 Å². The molecule has 6 heteroatoms. The van der Waals surface area contributed by atoms with Crippen molar-refractivity contribution in [1.82, 2.24) is 15.2 Å². The van der Waals surface area contributed by atoms with Crippen LogP contribution in [-0.2, 0) is 6.54 Å². The van der Waals surface area contributed by atoms with Gasteiger partial charge in [-0.05, 0) is 29.8 Å². The second-order valence-electron chi connectivity index (χ2n) is 4.75. The Hall–Kier alpha value is -2.27. The van der Waals surface area contributed by atoms with Crippen LogP contribution in [0.4, 0.5) is 4.79 Å². The summed E-state index contributed by atoms with van der Waals surface area (Å²) in [6, 6.07) is 10.8. The van der Waals surface area contributed by atoms with Gasteiger partial charge in [0, 0.05) is 31.0 Å². The fourth-order valence-electron chi connectivity index (χ4n) is 1.77. The van der Waals surface area contributed by atoms with E-state index in [1.54, 1.807) is 36.5 Å². The molecule has 2 aromatic rings. The maximum Gasteiger partial charge on any atom is 0.317 e. The van der Waals surface area contributed by atoms with Crippen molar-refractivity contribution >= 4 is 17.6 Å². The van der Waals surface area contributed by atoms with Gasteiger partial charge in [0.05, 0.1) is 6.54 Å². The Balaban J connectivity index is 1.70. The second-order valence-corrected chi connectivity index (χ2v) is 5.18. The Bertz CT molecular complexity index is 607.